The quantitative estimate of drug-likeness (QED) is 0.430. The summed E-state index contributed by atoms with van der Waals surface area (Å²) in [4.78, 5) is 4.95. The van der Waals surface area contributed by atoms with Crippen LogP contribution < -0.4 is 42.5 Å². The summed E-state index contributed by atoms with van der Waals surface area (Å²) in [5, 5.41) is 3.55. The van der Waals surface area contributed by atoms with Crippen LogP contribution in [0.1, 0.15) is 26.2 Å². The third kappa shape index (κ3) is 10.8. The maximum Gasteiger partial charge on any atom is -1.00 e. The van der Waals surface area contributed by atoms with Gasteiger partial charge in [0.2, 0.25) is 0 Å². The molecule has 19 heavy (non-hydrogen) atoms. The van der Waals surface area contributed by atoms with Gasteiger partial charge in [-0.3, -0.25) is 0 Å². The molecule has 7 heteroatoms. The molecular formula is C12H26Cl3N3Ti. The van der Waals surface area contributed by atoms with E-state index in [0.29, 0.717) is 3.84 Å². The smallest absolute Gasteiger partial charge is 1.00 e. The van der Waals surface area contributed by atoms with Crippen molar-refractivity contribution >= 4 is 0 Å². The van der Waals surface area contributed by atoms with Crippen molar-refractivity contribution in [3.63, 3.8) is 0 Å². The van der Waals surface area contributed by atoms with E-state index in [1.807, 2.05) is 0 Å². The van der Waals surface area contributed by atoms with Crippen molar-refractivity contribution in [3.05, 3.63) is 0 Å². The maximum atomic E-state index is 3.55. The molecule has 0 saturated carbocycles. The second-order valence-corrected chi connectivity index (χ2v) is 6.89. The summed E-state index contributed by atoms with van der Waals surface area (Å²) in [6.45, 7) is 8.30. The van der Waals surface area contributed by atoms with Gasteiger partial charge in [-0.25, -0.2) is 0 Å². The van der Waals surface area contributed by atoms with E-state index in [9.17, 15) is 0 Å². The van der Waals surface area contributed by atoms with Crippen molar-refractivity contribution in [2.45, 2.75) is 30.0 Å². The SMILES string of the molecule is CN1CCCNCC[C](C)([Ti+3])N(C)CCC1.[Cl-].[Cl-].[Cl-]. The Kier molecular flexibility index (Phi) is 17.6. The minimum atomic E-state index is 0. The zero-order valence-corrected chi connectivity index (χ0v) is 16.0. The Morgan fingerprint density at radius 3 is 2.16 bits per heavy atom. The number of hydrogen-bond acceptors (Lipinski definition) is 3. The van der Waals surface area contributed by atoms with Crippen LogP contribution in [0.3, 0.4) is 0 Å². The van der Waals surface area contributed by atoms with Crippen LogP contribution in [0.15, 0.2) is 0 Å². The largest absolute Gasteiger partial charge is 1.00 e. The zero-order valence-electron chi connectivity index (χ0n) is 12.2. The van der Waals surface area contributed by atoms with Gasteiger partial charge in [0.05, 0.1) is 0 Å². The van der Waals surface area contributed by atoms with Crippen LogP contribution in [0.25, 0.3) is 0 Å². The molecule has 1 heterocycles. The molecule has 0 spiro atoms. The third-order valence-corrected chi connectivity index (χ3v) is 4.54. The van der Waals surface area contributed by atoms with E-state index in [2.05, 4.69) is 56.6 Å². The van der Waals surface area contributed by atoms with Gasteiger partial charge in [-0.1, -0.05) is 0 Å². The molecule has 1 N–H and O–H groups in total. The predicted molar refractivity (Wildman–Crippen MR) is 65.3 cm³/mol. The molecule has 0 aromatic rings. The molecule has 1 unspecified atom stereocenters. The molecule has 1 fully saturated rings. The Morgan fingerprint density at radius 1 is 0.947 bits per heavy atom. The van der Waals surface area contributed by atoms with Crippen molar-refractivity contribution in [3.8, 4) is 0 Å². The van der Waals surface area contributed by atoms with Crippen LogP contribution in [0.2, 0.25) is 0 Å². The summed E-state index contributed by atoms with van der Waals surface area (Å²) in [5.41, 5.74) is 0. The van der Waals surface area contributed by atoms with E-state index in [-0.39, 0.29) is 37.2 Å². The fraction of sp³-hybridized carbons (Fsp3) is 1.00. The Labute approximate surface area is 149 Å². The van der Waals surface area contributed by atoms with Gasteiger partial charge in [0.15, 0.2) is 0 Å². The van der Waals surface area contributed by atoms with E-state index in [1.54, 1.807) is 0 Å². The molecule has 0 bridgehead atoms. The molecule has 114 valence electrons. The van der Waals surface area contributed by atoms with Crippen LogP contribution in [-0.2, 0) is 20.4 Å². The molecule has 1 saturated heterocycles. The number of nitrogens with one attached hydrogen (secondary N) is 1. The van der Waals surface area contributed by atoms with Crippen molar-refractivity contribution in [1.29, 1.82) is 0 Å². The fourth-order valence-corrected chi connectivity index (χ4v) is 2.43. The van der Waals surface area contributed by atoms with Crippen molar-refractivity contribution in [2.75, 3.05) is 46.8 Å². The molecule has 0 radical (unpaired) electrons. The Bertz CT molecular complexity index is 209. The Hall–Kier alpha value is 1.46. The molecule has 0 amide bonds. The van der Waals surface area contributed by atoms with Gasteiger partial charge in [0.25, 0.3) is 0 Å². The third-order valence-electron chi connectivity index (χ3n) is 3.56. The van der Waals surface area contributed by atoms with E-state index < -0.39 is 0 Å². The molecule has 1 atom stereocenters. The number of halogens is 3. The summed E-state index contributed by atoms with van der Waals surface area (Å²) in [6, 6.07) is 0. The van der Waals surface area contributed by atoms with Crippen LogP contribution >= 0.6 is 0 Å². The summed E-state index contributed by atoms with van der Waals surface area (Å²) < 4.78 is 0.324. The van der Waals surface area contributed by atoms with E-state index >= 15 is 0 Å². The average Bonchev–Trinajstić information content (AvgIpc) is 2.21. The normalized spacial score (nSPS) is 27.8. The topological polar surface area (TPSA) is 18.5 Å². The molecule has 1 aliphatic heterocycles. The summed E-state index contributed by atoms with van der Waals surface area (Å²) >= 11 is 2.35. The zero-order chi connectivity index (χ0) is 12.0. The van der Waals surface area contributed by atoms with E-state index in [4.69, 9.17) is 0 Å². The van der Waals surface area contributed by atoms with Gasteiger partial charge in [0.1, 0.15) is 0 Å². The monoisotopic (exact) mass is 365 g/mol. The summed E-state index contributed by atoms with van der Waals surface area (Å²) in [6.07, 6.45) is 3.79. The second kappa shape index (κ2) is 13.1. The van der Waals surface area contributed by atoms with Gasteiger partial charge in [-0.15, -0.1) is 0 Å². The van der Waals surface area contributed by atoms with Gasteiger partial charge in [0, 0.05) is 0 Å². The van der Waals surface area contributed by atoms with Gasteiger partial charge in [-0.2, -0.15) is 0 Å². The van der Waals surface area contributed by atoms with E-state index in [0.717, 1.165) is 13.1 Å². The molecule has 1 aliphatic rings. The van der Waals surface area contributed by atoms with Crippen LogP contribution in [0.5, 0.6) is 0 Å². The average molecular weight is 367 g/mol. The van der Waals surface area contributed by atoms with Crippen LogP contribution in [-0.4, -0.2) is 60.5 Å². The van der Waals surface area contributed by atoms with E-state index in [1.165, 1.54) is 38.9 Å². The molecule has 0 aliphatic carbocycles. The molecule has 0 aromatic heterocycles. The Morgan fingerprint density at radius 2 is 1.53 bits per heavy atom. The molecule has 3 nitrogen and oxygen atoms in total. The summed E-state index contributed by atoms with van der Waals surface area (Å²) in [7, 11) is 4.49. The minimum Gasteiger partial charge on any atom is -1.00 e. The van der Waals surface area contributed by atoms with Crippen molar-refractivity contribution in [1.82, 2.24) is 15.1 Å². The predicted octanol–water partition coefficient (Wildman–Crippen LogP) is -8.10. The first-order valence-electron chi connectivity index (χ1n) is 6.38. The van der Waals surface area contributed by atoms with Gasteiger partial charge < -0.3 is 37.2 Å². The minimum absolute atomic E-state index is 0. The number of rotatable bonds is 0. The van der Waals surface area contributed by atoms with Crippen LogP contribution in [0.4, 0.5) is 0 Å². The maximum absolute atomic E-state index is 3.55. The van der Waals surface area contributed by atoms with Crippen molar-refractivity contribution < 1.29 is 57.7 Å². The standard InChI is InChI=1S/C12H26N3.3ClH.Ti/c1-12-6-8-13-7-4-9-14(2)10-5-11-15(12)3;;;;/h13H,4-11H2,1-3H3;3*1H;/q;;;;+3/p-3. The summed E-state index contributed by atoms with van der Waals surface area (Å²) in [5.74, 6) is 0. The number of nitrogens with zero attached hydrogens (tertiary/aromatic N) is 2. The number of hydrogen-bond donors (Lipinski definition) is 1. The first-order valence-corrected chi connectivity index (χ1v) is 7.16. The molecule has 0 aromatic carbocycles. The first-order chi connectivity index (χ1) is 7.52. The molecule has 1 rings (SSSR count). The fourth-order valence-electron chi connectivity index (χ4n) is 2.06. The van der Waals surface area contributed by atoms with Gasteiger partial charge >= 0.3 is 112 Å². The Balaban J connectivity index is -0.000000853. The van der Waals surface area contributed by atoms with Crippen LogP contribution in [0, 0.1) is 0 Å². The van der Waals surface area contributed by atoms with Crippen molar-refractivity contribution in [2.24, 2.45) is 0 Å². The van der Waals surface area contributed by atoms with Gasteiger partial charge in [-0.05, 0) is 0 Å². The second-order valence-electron chi connectivity index (χ2n) is 5.21. The first kappa shape index (κ1) is 25.4. The molecular weight excluding hydrogens is 340 g/mol.